The lowest BCUT2D eigenvalue weighted by atomic mass is 9.97. The minimum Gasteiger partial charge on any atom is -0.462 e. The maximum absolute atomic E-state index is 10.3. The van der Waals surface area contributed by atoms with Gasteiger partial charge in [-0.15, -0.1) is 0 Å². The maximum atomic E-state index is 10.3. The van der Waals surface area contributed by atoms with Gasteiger partial charge in [-0.2, -0.15) is 0 Å². The molecule has 1 spiro atoms. The third-order valence-corrected chi connectivity index (χ3v) is 5.32. The molecule has 5 heteroatoms. The van der Waals surface area contributed by atoms with Gasteiger partial charge in [-0.05, 0) is 37.0 Å². The van der Waals surface area contributed by atoms with E-state index in [0.717, 1.165) is 11.1 Å². The largest absolute Gasteiger partial charge is 0.462 e. The molecule has 0 bridgehead atoms. The van der Waals surface area contributed by atoms with E-state index < -0.39 is 30.2 Å². The lowest BCUT2D eigenvalue weighted by Gasteiger charge is -2.41. The highest BCUT2D eigenvalue weighted by molar-refractivity contribution is 5.38. The summed E-state index contributed by atoms with van der Waals surface area (Å²) >= 11 is 0. The van der Waals surface area contributed by atoms with Crippen molar-refractivity contribution in [2.45, 2.75) is 56.4 Å². The molecular formula is C21H24O5. The lowest BCUT2D eigenvalue weighted by molar-refractivity contribution is -0.282. The van der Waals surface area contributed by atoms with Gasteiger partial charge in [-0.25, -0.2) is 0 Å². The molecule has 1 aliphatic heterocycles. The molecule has 0 radical (unpaired) electrons. The molecule has 2 aromatic rings. The maximum Gasteiger partial charge on any atom is 0.229 e. The number of para-hydroxylation sites is 1. The number of ether oxygens (including phenoxy) is 2. The van der Waals surface area contributed by atoms with E-state index in [-0.39, 0.29) is 0 Å². The molecule has 2 aromatic carbocycles. The van der Waals surface area contributed by atoms with Crippen LogP contribution in [0.4, 0.5) is 0 Å². The lowest BCUT2D eigenvalue weighted by Crippen LogP contribution is -2.60. The van der Waals surface area contributed by atoms with Gasteiger partial charge in [0.2, 0.25) is 6.29 Å². The van der Waals surface area contributed by atoms with E-state index in [0.29, 0.717) is 25.0 Å². The summed E-state index contributed by atoms with van der Waals surface area (Å²) in [6.45, 7) is 2.05. The van der Waals surface area contributed by atoms with Crippen LogP contribution in [0.2, 0.25) is 0 Å². The van der Waals surface area contributed by atoms with Gasteiger partial charge < -0.3 is 24.8 Å². The van der Waals surface area contributed by atoms with Crippen molar-refractivity contribution in [2.24, 2.45) is 0 Å². The number of hydrogen-bond donors (Lipinski definition) is 3. The first-order valence-electron chi connectivity index (χ1n) is 9.01. The van der Waals surface area contributed by atoms with Crippen molar-refractivity contribution in [2.75, 3.05) is 0 Å². The van der Waals surface area contributed by atoms with Crippen molar-refractivity contribution < 1.29 is 24.8 Å². The molecule has 0 aromatic heterocycles. The van der Waals surface area contributed by atoms with Crippen LogP contribution < -0.4 is 4.74 Å². The Morgan fingerprint density at radius 2 is 1.69 bits per heavy atom. The smallest absolute Gasteiger partial charge is 0.229 e. The summed E-state index contributed by atoms with van der Waals surface area (Å²) in [5.74, 6) is 0.608. The van der Waals surface area contributed by atoms with E-state index in [1.807, 2.05) is 24.3 Å². The Kier molecular flexibility index (Phi) is 4.49. The summed E-state index contributed by atoms with van der Waals surface area (Å²) in [5.41, 5.74) is 2.55. The third-order valence-electron chi connectivity index (χ3n) is 5.32. The Bertz CT molecular complexity index is 768. The molecule has 3 N–H and O–H groups in total. The van der Waals surface area contributed by atoms with Crippen LogP contribution in [0.5, 0.6) is 5.75 Å². The zero-order chi connectivity index (χ0) is 18.3. The van der Waals surface area contributed by atoms with Crippen molar-refractivity contribution in [1.29, 1.82) is 0 Å². The summed E-state index contributed by atoms with van der Waals surface area (Å²) in [6.07, 6.45) is -2.67. The summed E-state index contributed by atoms with van der Waals surface area (Å²) in [4.78, 5) is 0. The van der Waals surface area contributed by atoms with Gasteiger partial charge in [0.15, 0.2) is 0 Å². The van der Waals surface area contributed by atoms with Crippen LogP contribution in [0.1, 0.15) is 29.5 Å². The molecule has 5 nitrogen and oxygen atoms in total. The van der Waals surface area contributed by atoms with Gasteiger partial charge in [-0.1, -0.05) is 48.0 Å². The summed E-state index contributed by atoms with van der Waals surface area (Å²) in [7, 11) is 0. The standard InChI is InChI=1S/C21H24O5/c1-13-6-8-14(9-7-13)12-15-4-2-3-5-16(15)25-20-18(23)17(22)19(24)21(26-20)10-11-21/h2-9,17-20,22-24H,10-12H2,1H3/t17-,18-,19+,20-/m1/s1. The molecule has 2 fully saturated rings. The van der Waals surface area contributed by atoms with Gasteiger partial charge in [0.1, 0.15) is 29.7 Å². The van der Waals surface area contributed by atoms with E-state index in [2.05, 4.69) is 31.2 Å². The molecule has 138 valence electrons. The number of aryl methyl sites for hydroxylation is 1. The van der Waals surface area contributed by atoms with E-state index in [1.165, 1.54) is 5.56 Å². The van der Waals surface area contributed by atoms with Gasteiger partial charge >= 0.3 is 0 Å². The summed E-state index contributed by atoms with van der Waals surface area (Å²) < 4.78 is 11.8. The highest BCUT2D eigenvalue weighted by atomic mass is 16.7. The van der Waals surface area contributed by atoms with Crippen molar-refractivity contribution >= 4 is 0 Å². The molecule has 2 aliphatic rings. The summed E-state index contributed by atoms with van der Waals surface area (Å²) in [6, 6.07) is 15.9. The molecule has 4 rings (SSSR count). The fourth-order valence-corrected chi connectivity index (χ4v) is 3.48. The van der Waals surface area contributed by atoms with E-state index in [4.69, 9.17) is 9.47 Å². The number of aliphatic hydroxyl groups excluding tert-OH is 3. The molecule has 0 unspecified atom stereocenters. The van der Waals surface area contributed by atoms with Crippen molar-refractivity contribution in [3.05, 3.63) is 65.2 Å². The van der Waals surface area contributed by atoms with Crippen molar-refractivity contribution in [3.63, 3.8) is 0 Å². The van der Waals surface area contributed by atoms with Crippen LogP contribution >= 0.6 is 0 Å². The van der Waals surface area contributed by atoms with Crippen LogP contribution in [0, 0.1) is 6.92 Å². The SMILES string of the molecule is Cc1ccc(Cc2ccccc2O[C@@H]2OC3(CC3)[C@@H](O)[C@H](O)[C@H]2O)cc1. The second-order valence-electron chi connectivity index (χ2n) is 7.36. The predicted molar refractivity (Wildman–Crippen MR) is 95.9 cm³/mol. The number of aliphatic hydroxyl groups is 3. The fraction of sp³-hybridized carbons (Fsp3) is 0.429. The van der Waals surface area contributed by atoms with Gasteiger partial charge in [-0.3, -0.25) is 0 Å². The topological polar surface area (TPSA) is 79.2 Å². The zero-order valence-corrected chi connectivity index (χ0v) is 14.7. The van der Waals surface area contributed by atoms with Crippen LogP contribution in [-0.2, 0) is 11.2 Å². The Morgan fingerprint density at radius 3 is 2.38 bits per heavy atom. The fourth-order valence-electron chi connectivity index (χ4n) is 3.48. The monoisotopic (exact) mass is 356 g/mol. The van der Waals surface area contributed by atoms with Crippen LogP contribution in [0.3, 0.4) is 0 Å². The summed E-state index contributed by atoms with van der Waals surface area (Å²) in [5, 5.41) is 30.5. The first-order valence-corrected chi connectivity index (χ1v) is 9.01. The molecule has 26 heavy (non-hydrogen) atoms. The molecule has 1 saturated heterocycles. The average Bonchev–Trinajstić information content (AvgIpc) is 3.42. The Hall–Kier alpha value is -1.92. The average molecular weight is 356 g/mol. The minimum absolute atomic E-state index is 0.608. The van der Waals surface area contributed by atoms with Crippen LogP contribution in [0.15, 0.2) is 48.5 Å². The molecule has 0 amide bonds. The van der Waals surface area contributed by atoms with Gasteiger partial charge in [0, 0.05) is 6.42 Å². The molecule has 1 heterocycles. The van der Waals surface area contributed by atoms with E-state index in [9.17, 15) is 15.3 Å². The zero-order valence-electron chi connectivity index (χ0n) is 14.7. The highest BCUT2D eigenvalue weighted by Gasteiger charge is 2.61. The molecular weight excluding hydrogens is 332 g/mol. The van der Waals surface area contributed by atoms with E-state index in [1.54, 1.807) is 0 Å². The minimum atomic E-state index is -1.30. The van der Waals surface area contributed by atoms with E-state index >= 15 is 0 Å². The number of benzene rings is 2. The molecule has 1 saturated carbocycles. The third kappa shape index (κ3) is 3.23. The Balaban J connectivity index is 1.54. The molecule has 4 atom stereocenters. The number of hydrogen-bond acceptors (Lipinski definition) is 5. The van der Waals surface area contributed by atoms with Crippen molar-refractivity contribution in [1.82, 2.24) is 0 Å². The van der Waals surface area contributed by atoms with Crippen LogP contribution in [0.25, 0.3) is 0 Å². The Labute approximate surface area is 152 Å². The second kappa shape index (κ2) is 6.67. The van der Waals surface area contributed by atoms with Crippen LogP contribution in [-0.4, -0.2) is 45.5 Å². The quantitative estimate of drug-likeness (QED) is 0.780. The first-order chi connectivity index (χ1) is 12.5. The molecule has 1 aliphatic carbocycles. The highest BCUT2D eigenvalue weighted by Crippen LogP contribution is 2.48. The predicted octanol–water partition coefficient (Wildman–Crippen LogP) is 1.94. The Morgan fingerprint density at radius 1 is 1.00 bits per heavy atom. The first kappa shape index (κ1) is 17.5. The van der Waals surface area contributed by atoms with Gasteiger partial charge in [0.25, 0.3) is 0 Å². The second-order valence-corrected chi connectivity index (χ2v) is 7.36. The van der Waals surface area contributed by atoms with Gasteiger partial charge in [0.05, 0.1) is 0 Å². The number of rotatable bonds is 4. The van der Waals surface area contributed by atoms with Crippen molar-refractivity contribution in [3.8, 4) is 5.75 Å². The normalized spacial score (nSPS) is 29.5.